The normalized spacial score (nSPS) is 24.5. The molecule has 2 heterocycles. The first-order valence-electron chi connectivity index (χ1n) is 10.5. The minimum Gasteiger partial charge on any atom is -0.494 e. The number of aromatic nitrogens is 2. The van der Waals surface area contributed by atoms with Crippen molar-refractivity contribution in [2.45, 2.75) is 53.0 Å². The Morgan fingerprint density at radius 2 is 1.97 bits per heavy atom. The van der Waals surface area contributed by atoms with Crippen LogP contribution in [0.2, 0.25) is 0 Å². The molecule has 160 valence electrons. The van der Waals surface area contributed by atoms with Gasteiger partial charge in [-0.2, -0.15) is 0 Å². The third-order valence-electron chi connectivity index (χ3n) is 6.10. The van der Waals surface area contributed by atoms with E-state index in [2.05, 4.69) is 41.0 Å². The molecule has 1 saturated heterocycles. The van der Waals surface area contributed by atoms with Crippen LogP contribution in [0.5, 0.6) is 5.75 Å². The average Bonchev–Trinajstić information content (AvgIpc) is 2.92. The van der Waals surface area contributed by atoms with E-state index in [0.29, 0.717) is 18.1 Å². The predicted octanol–water partition coefficient (Wildman–Crippen LogP) is 4.93. The van der Waals surface area contributed by atoms with Gasteiger partial charge in [0.2, 0.25) is 11.6 Å². The largest absolute Gasteiger partial charge is 0.494 e. The Labute approximate surface area is 176 Å². The van der Waals surface area contributed by atoms with E-state index in [9.17, 15) is 10.1 Å². The first kappa shape index (κ1) is 20.4. The summed E-state index contributed by atoms with van der Waals surface area (Å²) in [6.45, 7) is 10.1. The number of rotatable bonds is 6. The van der Waals surface area contributed by atoms with Crippen LogP contribution in [0.1, 0.15) is 47.0 Å². The van der Waals surface area contributed by atoms with Crippen LogP contribution in [0.3, 0.4) is 0 Å². The highest BCUT2D eigenvalue weighted by atomic mass is 16.6. The molecule has 1 aliphatic carbocycles. The summed E-state index contributed by atoms with van der Waals surface area (Å²) in [6, 6.07) is 7.55. The van der Waals surface area contributed by atoms with Crippen LogP contribution >= 0.6 is 0 Å². The van der Waals surface area contributed by atoms with Crippen molar-refractivity contribution in [1.82, 2.24) is 9.97 Å². The number of nitrogens with zero attached hydrogens (tertiary/aromatic N) is 4. The third kappa shape index (κ3) is 3.91. The molecular weight excluding hydrogens is 382 g/mol. The van der Waals surface area contributed by atoms with Crippen molar-refractivity contribution >= 4 is 23.0 Å². The van der Waals surface area contributed by atoms with Crippen LogP contribution in [0.15, 0.2) is 30.6 Å². The lowest BCUT2D eigenvalue weighted by molar-refractivity contribution is -0.383. The highest BCUT2D eigenvalue weighted by Crippen LogP contribution is 2.54. The second-order valence-corrected chi connectivity index (χ2v) is 9.58. The number of fused-ring (bicyclic) bond motifs is 2. The van der Waals surface area contributed by atoms with Crippen LogP contribution in [0, 0.1) is 20.9 Å². The predicted molar refractivity (Wildman–Crippen MR) is 116 cm³/mol. The molecule has 1 aromatic heterocycles. The maximum absolute atomic E-state index is 12.1. The lowest BCUT2D eigenvalue weighted by Crippen LogP contribution is -2.35. The van der Waals surface area contributed by atoms with Crippen molar-refractivity contribution in [2.75, 3.05) is 23.4 Å². The fourth-order valence-electron chi connectivity index (χ4n) is 5.48. The van der Waals surface area contributed by atoms with Gasteiger partial charge in [0.25, 0.3) is 0 Å². The van der Waals surface area contributed by atoms with Gasteiger partial charge in [0.1, 0.15) is 12.1 Å². The van der Waals surface area contributed by atoms with Crippen LogP contribution in [-0.4, -0.2) is 34.1 Å². The molecule has 2 atom stereocenters. The van der Waals surface area contributed by atoms with Crippen molar-refractivity contribution in [3.63, 3.8) is 0 Å². The van der Waals surface area contributed by atoms with E-state index in [1.54, 1.807) is 0 Å². The molecule has 2 unspecified atom stereocenters. The molecule has 4 rings (SSSR count). The summed E-state index contributed by atoms with van der Waals surface area (Å²) in [5.41, 5.74) is 1.01. The van der Waals surface area contributed by atoms with Gasteiger partial charge in [-0.1, -0.05) is 20.8 Å². The topological polar surface area (TPSA) is 93.4 Å². The number of anilines is 3. The smallest absolute Gasteiger partial charge is 0.353 e. The van der Waals surface area contributed by atoms with Crippen LogP contribution < -0.4 is 15.0 Å². The molecule has 2 fully saturated rings. The van der Waals surface area contributed by atoms with Crippen LogP contribution in [0.4, 0.5) is 23.0 Å². The monoisotopic (exact) mass is 411 g/mol. The molecule has 0 radical (unpaired) electrons. The lowest BCUT2D eigenvalue weighted by Gasteiger charge is -2.39. The molecular formula is C22H29N5O3. The number of nitro groups is 1. The Morgan fingerprint density at radius 1 is 1.23 bits per heavy atom. The van der Waals surface area contributed by atoms with Crippen LogP contribution in [-0.2, 0) is 0 Å². The summed E-state index contributed by atoms with van der Waals surface area (Å²) in [7, 11) is 0. The summed E-state index contributed by atoms with van der Waals surface area (Å²) >= 11 is 0. The van der Waals surface area contributed by atoms with Gasteiger partial charge in [-0.05, 0) is 61.3 Å². The van der Waals surface area contributed by atoms with Gasteiger partial charge in [-0.3, -0.25) is 10.1 Å². The van der Waals surface area contributed by atoms with E-state index in [4.69, 9.17) is 4.74 Å². The summed E-state index contributed by atoms with van der Waals surface area (Å²) in [5, 5.41) is 15.2. The standard InChI is InChI=1S/C22H29N5O3/c1-5-30-17-8-6-15(7-9-17)25-19-18(27(28)29)20(24-14-23-19)26-13-22(4)11-16(26)10-21(2,3)12-22/h6-9,14,16H,5,10-13H2,1-4H3,(H,23,24,25). The van der Waals surface area contributed by atoms with Crippen molar-refractivity contribution in [3.8, 4) is 5.75 Å². The van der Waals surface area contributed by atoms with Gasteiger partial charge in [-0.25, -0.2) is 9.97 Å². The van der Waals surface area contributed by atoms with Gasteiger partial charge in [0.05, 0.1) is 11.5 Å². The second-order valence-electron chi connectivity index (χ2n) is 9.58. The van der Waals surface area contributed by atoms with Crippen molar-refractivity contribution in [1.29, 1.82) is 0 Å². The minimum atomic E-state index is -0.373. The first-order chi connectivity index (χ1) is 14.2. The zero-order valence-corrected chi connectivity index (χ0v) is 18.0. The van der Waals surface area contributed by atoms with Crippen molar-refractivity contribution < 1.29 is 9.66 Å². The maximum Gasteiger partial charge on any atom is 0.353 e. The summed E-state index contributed by atoms with van der Waals surface area (Å²) < 4.78 is 5.46. The van der Waals surface area contributed by atoms with Gasteiger partial charge >= 0.3 is 5.69 Å². The van der Waals surface area contributed by atoms with E-state index in [-0.39, 0.29) is 33.3 Å². The molecule has 2 aliphatic rings. The molecule has 0 spiro atoms. The summed E-state index contributed by atoms with van der Waals surface area (Å²) in [6.07, 6.45) is 4.57. The van der Waals surface area contributed by atoms with Crippen molar-refractivity contribution in [3.05, 3.63) is 40.7 Å². The van der Waals surface area contributed by atoms with Gasteiger partial charge < -0.3 is 15.0 Å². The van der Waals surface area contributed by atoms with Gasteiger partial charge in [-0.15, -0.1) is 0 Å². The fourth-order valence-corrected chi connectivity index (χ4v) is 5.48. The second kappa shape index (κ2) is 7.41. The van der Waals surface area contributed by atoms with E-state index in [1.165, 1.54) is 6.33 Å². The van der Waals surface area contributed by atoms with E-state index in [0.717, 1.165) is 31.6 Å². The molecule has 1 N–H and O–H groups in total. The third-order valence-corrected chi connectivity index (χ3v) is 6.10. The molecule has 8 heteroatoms. The molecule has 0 amide bonds. The highest BCUT2D eigenvalue weighted by molar-refractivity contribution is 5.75. The summed E-state index contributed by atoms with van der Waals surface area (Å²) in [5.74, 6) is 1.37. The Balaban J connectivity index is 1.66. The zero-order chi connectivity index (χ0) is 21.5. The average molecular weight is 412 g/mol. The molecule has 1 aliphatic heterocycles. The highest BCUT2D eigenvalue weighted by Gasteiger charge is 2.51. The van der Waals surface area contributed by atoms with Crippen molar-refractivity contribution in [2.24, 2.45) is 10.8 Å². The SMILES string of the molecule is CCOc1ccc(Nc2ncnc(N3CC4(C)CC3CC(C)(C)C4)c2[N+](=O)[O-])cc1. The maximum atomic E-state index is 12.1. The quantitative estimate of drug-likeness (QED) is 0.532. The number of benzene rings is 1. The van der Waals surface area contributed by atoms with E-state index < -0.39 is 0 Å². The molecule has 2 aromatic rings. The molecule has 1 aromatic carbocycles. The lowest BCUT2D eigenvalue weighted by atomic mass is 9.65. The van der Waals surface area contributed by atoms with Crippen LogP contribution in [0.25, 0.3) is 0 Å². The Hall–Kier alpha value is -2.90. The Kier molecular flexibility index (Phi) is 5.03. The first-order valence-corrected chi connectivity index (χ1v) is 10.5. The number of ether oxygens (including phenoxy) is 1. The van der Waals surface area contributed by atoms with Gasteiger partial charge in [0, 0.05) is 18.3 Å². The molecule has 2 bridgehead atoms. The number of hydrogen-bond acceptors (Lipinski definition) is 7. The molecule has 1 saturated carbocycles. The van der Waals surface area contributed by atoms with E-state index in [1.807, 2.05) is 31.2 Å². The number of hydrogen-bond donors (Lipinski definition) is 1. The fraction of sp³-hybridized carbons (Fsp3) is 0.545. The molecule has 30 heavy (non-hydrogen) atoms. The zero-order valence-electron chi connectivity index (χ0n) is 18.0. The summed E-state index contributed by atoms with van der Waals surface area (Å²) in [4.78, 5) is 22.4. The van der Waals surface area contributed by atoms with Gasteiger partial charge in [0.15, 0.2) is 0 Å². The Morgan fingerprint density at radius 3 is 2.63 bits per heavy atom. The molecule has 8 nitrogen and oxygen atoms in total. The van der Waals surface area contributed by atoms with E-state index >= 15 is 0 Å². The Bertz CT molecular complexity index is 946. The minimum absolute atomic E-state index is 0.0691. The number of nitrogens with one attached hydrogen (secondary N) is 1.